The Morgan fingerprint density at radius 3 is 1.32 bits per heavy atom. The van der Waals surface area contributed by atoms with Crippen LogP contribution in [-0.4, -0.2) is 17.2 Å². The number of unbranched alkanes of at least 4 members (excludes halogenated alkanes) is 11. The number of rotatable bonds is 12. The fourth-order valence-electron chi connectivity index (χ4n) is 1.99. The van der Waals surface area contributed by atoms with Crippen molar-refractivity contribution < 1.29 is 9.90 Å². The van der Waals surface area contributed by atoms with Crippen molar-refractivity contribution in [1.29, 1.82) is 0 Å². The maximum absolute atomic E-state index is 9.00. The monoisotopic (exact) mass is 290 g/mol. The normalized spacial score (nSPS) is 9.84. The highest BCUT2D eigenvalue weighted by molar-refractivity contribution is 7.16. The van der Waals surface area contributed by atoms with E-state index in [2.05, 4.69) is 16.2 Å². The minimum Gasteiger partial charge on any atom is -0.481 e. The zero-order valence-corrected chi connectivity index (χ0v) is 14.3. The third-order valence-corrected chi connectivity index (χ3v) is 3.47. The van der Waals surface area contributed by atoms with Crippen molar-refractivity contribution in [3.8, 4) is 0 Å². The van der Waals surface area contributed by atoms with E-state index < -0.39 is 5.97 Å². The SMILES string of the molecule is CC(=O)O.CCCCCCCCCCCCCCP. The third-order valence-electron chi connectivity index (χ3n) is 3.06. The van der Waals surface area contributed by atoms with E-state index in [0.717, 1.165) is 6.92 Å². The Morgan fingerprint density at radius 2 is 1.05 bits per heavy atom. The molecule has 3 heteroatoms. The predicted molar refractivity (Wildman–Crippen MR) is 89.0 cm³/mol. The smallest absolute Gasteiger partial charge is 0.300 e. The van der Waals surface area contributed by atoms with Gasteiger partial charge in [-0.15, -0.1) is 9.24 Å². The van der Waals surface area contributed by atoms with E-state index in [1.165, 1.54) is 83.2 Å². The maximum atomic E-state index is 9.00. The van der Waals surface area contributed by atoms with Crippen molar-refractivity contribution in [3.05, 3.63) is 0 Å². The lowest BCUT2D eigenvalue weighted by Gasteiger charge is -2.01. The Hall–Kier alpha value is -0.100. The maximum Gasteiger partial charge on any atom is 0.300 e. The highest BCUT2D eigenvalue weighted by Gasteiger charge is 1.92. The van der Waals surface area contributed by atoms with Crippen molar-refractivity contribution in [2.75, 3.05) is 6.16 Å². The van der Waals surface area contributed by atoms with Gasteiger partial charge in [0.25, 0.3) is 5.97 Å². The summed E-state index contributed by atoms with van der Waals surface area (Å²) in [6.07, 6.45) is 18.7. The average molecular weight is 290 g/mol. The number of hydrogen-bond donors (Lipinski definition) is 1. The van der Waals surface area contributed by atoms with Gasteiger partial charge in [0.05, 0.1) is 0 Å². The van der Waals surface area contributed by atoms with Crippen molar-refractivity contribution in [2.24, 2.45) is 0 Å². The van der Waals surface area contributed by atoms with E-state index in [-0.39, 0.29) is 0 Å². The van der Waals surface area contributed by atoms with Crippen LogP contribution in [-0.2, 0) is 4.79 Å². The van der Waals surface area contributed by atoms with Gasteiger partial charge in [-0.05, 0) is 12.6 Å². The first-order chi connectivity index (χ1) is 9.15. The summed E-state index contributed by atoms with van der Waals surface area (Å²) in [5.41, 5.74) is 0. The minimum absolute atomic E-state index is 0.833. The molecule has 19 heavy (non-hydrogen) atoms. The van der Waals surface area contributed by atoms with Crippen LogP contribution >= 0.6 is 9.24 Å². The third kappa shape index (κ3) is 32.0. The molecule has 116 valence electrons. The molecule has 0 saturated carbocycles. The zero-order chi connectivity index (χ0) is 14.8. The summed E-state index contributed by atoms with van der Waals surface area (Å²) in [5, 5.41) is 7.42. The summed E-state index contributed by atoms with van der Waals surface area (Å²) >= 11 is 0. The van der Waals surface area contributed by atoms with Crippen LogP contribution in [0, 0.1) is 0 Å². The van der Waals surface area contributed by atoms with E-state index in [1.54, 1.807) is 0 Å². The van der Waals surface area contributed by atoms with Crippen LogP contribution in [0.5, 0.6) is 0 Å². The van der Waals surface area contributed by atoms with E-state index >= 15 is 0 Å². The van der Waals surface area contributed by atoms with Crippen molar-refractivity contribution in [3.63, 3.8) is 0 Å². The van der Waals surface area contributed by atoms with E-state index in [1.807, 2.05) is 0 Å². The Bertz CT molecular complexity index is 156. The lowest BCUT2D eigenvalue weighted by atomic mass is 10.1. The molecular formula is C16H35O2P. The first-order valence-corrected chi connectivity index (χ1v) is 8.86. The highest BCUT2D eigenvalue weighted by atomic mass is 31.0. The standard InChI is InChI=1S/C14H31P.C2H4O2/c1-2-3-4-5-6-7-8-9-10-11-12-13-14-15;1-2(3)4/h2-15H2,1H3;1H3,(H,3,4). The quantitative estimate of drug-likeness (QED) is 0.372. The van der Waals surface area contributed by atoms with Gasteiger partial charge in [-0.1, -0.05) is 77.6 Å². The Balaban J connectivity index is 0. The molecule has 2 nitrogen and oxygen atoms in total. The lowest BCUT2D eigenvalue weighted by Crippen LogP contribution is -1.82. The van der Waals surface area contributed by atoms with Gasteiger partial charge in [0.2, 0.25) is 0 Å². The lowest BCUT2D eigenvalue weighted by molar-refractivity contribution is -0.134. The summed E-state index contributed by atoms with van der Waals surface area (Å²) < 4.78 is 0. The molecule has 0 fully saturated rings. The molecule has 0 bridgehead atoms. The molecule has 0 aromatic rings. The van der Waals surface area contributed by atoms with Gasteiger partial charge in [0, 0.05) is 6.92 Å². The van der Waals surface area contributed by atoms with Gasteiger partial charge in [0.1, 0.15) is 0 Å². The summed E-state index contributed by atoms with van der Waals surface area (Å²) in [5.74, 6) is -0.833. The second-order valence-electron chi connectivity index (χ2n) is 5.20. The number of carboxylic acid groups (broad SMARTS) is 1. The molecule has 1 unspecified atom stereocenters. The molecule has 0 spiro atoms. The molecule has 0 saturated heterocycles. The van der Waals surface area contributed by atoms with Crippen LogP contribution in [0.25, 0.3) is 0 Å². The molecule has 0 radical (unpaired) electrons. The van der Waals surface area contributed by atoms with Gasteiger partial charge >= 0.3 is 0 Å². The van der Waals surface area contributed by atoms with Gasteiger partial charge in [-0.2, -0.15) is 0 Å². The van der Waals surface area contributed by atoms with E-state index in [0.29, 0.717) is 0 Å². The summed E-state index contributed by atoms with van der Waals surface area (Å²) in [4.78, 5) is 9.00. The fraction of sp³-hybridized carbons (Fsp3) is 0.938. The number of carboxylic acids is 1. The minimum atomic E-state index is -0.833. The second-order valence-corrected chi connectivity index (χ2v) is 5.77. The molecule has 0 rings (SSSR count). The molecule has 0 amide bonds. The number of hydrogen-bond acceptors (Lipinski definition) is 1. The van der Waals surface area contributed by atoms with Crippen LogP contribution in [0.2, 0.25) is 0 Å². The van der Waals surface area contributed by atoms with Crippen LogP contribution < -0.4 is 0 Å². The Kier molecular flexibility index (Phi) is 22.6. The zero-order valence-electron chi connectivity index (χ0n) is 13.1. The van der Waals surface area contributed by atoms with Crippen LogP contribution in [0.4, 0.5) is 0 Å². The highest BCUT2D eigenvalue weighted by Crippen LogP contribution is 2.11. The van der Waals surface area contributed by atoms with Crippen molar-refractivity contribution >= 4 is 15.2 Å². The second kappa shape index (κ2) is 20.2. The topological polar surface area (TPSA) is 37.3 Å². The summed E-state index contributed by atoms with van der Waals surface area (Å²) in [6.45, 7) is 3.37. The molecule has 1 atom stereocenters. The fourth-order valence-corrected chi connectivity index (χ4v) is 2.27. The molecule has 0 aromatic carbocycles. The predicted octanol–water partition coefficient (Wildman–Crippen LogP) is 5.65. The Morgan fingerprint density at radius 1 is 0.789 bits per heavy atom. The van der Waals surface area contributed by atoms with E-state index in [4.69, 9.17) is 9.90 Å². The summed E-state index contributed by atoms with van der Waals surface area (Å²) in [6, 6.07) is 0. The van der Waals surface area contributed by atoms with Crippen molar-refractivity contribution in [1.82, 2.24) is 0 Å². The largest absolute Gasteiger partial charge is 0.481 e. The summed E-state index contributed by atoms with van der Waals surface area (Å²) in [7, 11) is 2.81. The van der Waals surface area contributed by atoms with Crippen LogP contribution in [0.1, 0.15) is 90.9 Å². The molecule has 0 aromatic heterocycles. The number of carbonyl (C=O) groups is 1. The molecular weight excluding hydrogens is 255 g/mol. The first-order valence-electron chi connectivity index (χ1n) is 8.04. The Labute approximate surface area is 123 Å². The first kappa shape index (κ1) is 21.2. The number of aliphatic carboxylic acids is 1. The van der Waals surface area contributed by atoms with Crippen molar-refractivity contribution in [2.45, 2.75) is 90.9 Å². The molecule has 0 heterocycles. The molecule has 0 aliphatic heterocycles. The van der Waals surface area contributed by atoms with Crippen LogP contribution in [0.15, 0.2) is 0 Å². The van der Waals surface area contributed by atoms with Gasteiger partial charge < -0.3 is 5.11 Å². The van der Waals surface area contributed by atoms with Gasteiger partial charge in [-0.25, -0.2) is 0 Å². The molecule has 0 aliphatic rings. The average Bonchev–Trinajstić information content (AvgIpc) is 2.35. The van der Waals surface area contributed by atoms with E-state index in [9.17, 15) is 0 Å². The van der Waals surface area contributed by atoms with Gasteiger partial charge in [-0.3, -0.25) is 4.79 Å². The molecule has 1 N–H and O–H groups in total. The van der Waals surface area contributed by atoms with Crippen LogP contribution in [0.3, 0.4) is 0 Å². The molecule has 0 aliphatic carbocycles. The van der Waals surface area contributed by atoms with Gasteiger partial charge in [0.15, 0.2) is 0 Å².